The van der Waals surface area contributed by atoms with Crippen LogP contribution in [0.5, 0.6) is 0 Å². The Morgan fingerprint density at radius 1 is 1.32 bits per heavy atom. The van der Waals surface area contributed by atoms with Crippen molar-refractivity contribution in [3.8, 4) is 0 Å². The van der Waals surface area contributed by atoms with Crippen LogP contribution in [0.15, 0.2) is 29.3 Å². The minimum absolute atomic E-state index is 0.0883. The van der Waals surface area contributed by atoms with E-state index in [0.717, 1.165) is 18.7 Å². The Morgan fingerprint density at radius 3 is 3.05 bits per heavy atom. The van der Waals surface area contributed by atoms with Crippen molar-refractivity contribution in [1.82, 2.24) is 15.3 Å². The number of rotatable bonds is 3. The lowest BCUT2D eigenvalue weighted by molar-refractivity contribution is 0.764. The molecule has 1 aliphatic rings. The minimum atomic E-state index is -0.336. The summed E-state index contributed by atoms with van der Waals surface area (Å²) in [5, 5.41) is 6.47. The standard InChI is InChI=1S/C13H13ClN4O/c14-11-12(17-7-18-13(11)19)16-4-8-1-2-9-5-15-6-10(9)3-8/h1-3,7,15H,4-6H2,(H2,16,17,18,19). The highest BCUT2D eigenvalue weighted by Crippen LogP contribution is 2.18. The summed E-state index contributed by atoms with van der Waals surface area (Å²) < 4.78 is 0. The largest absolute Gasteiger partial charge is 0.365 e. The predicted molar refractivity (Wildman–Crippen MR) is 74.2 cm³/mol. The van der Waals surface area contributed by atoms with Gasteiger partial charge in [-0.2, -0.15) is 0 Å². The van der Waals surface area contributed by atoms with Crippen molar-refractivity contribution in [3.05, 3.63) is 56.6 Å². The van der Waals surface area contributed by atoms with Gasteiger partial charge in [0.1, 0.15) is 5.02 Å². The second-order valence-electron chi connectivity index (χ2n) is 4.45. The molecule has 0 amide bonds. The molecule has 0 saturated heterocycles. The molecule has 0 aliphatic carbocycles. The Labute approximate surface area is 115 Å². The monoisotopic (exact) mass is 276 g/mol. The molecule has 6 heteroatoms. The number of nitrogens with one attached hydrogen (secondary N) is 3. The lowest BCUT2D eigenvalue weighted by Gasteiger charge is -2.08. The average molecular weight is 277 g/mol. The van der Waals surface area contributed by atoms with Gasteiger partial charge < -0.3 is 15.6 Å². The lowest BCUT2D eigenvalue weighted by atomic mass is 10.1. The number of hydrogen-bond donors (Lipinski definition) is 3. The summed E-state index contributed by atoms with van der Waals surface area (Å²) in [7, 11) is 0. The zero-order valence-electron chi connectivity index (χ0n) is 10.2. The molecule has 1 aliphatic heterocycles. The third-order valence-corrected chi connectivity index (χ3v) is 3.51. The van der Waals surface area contributed by atoms with E-state index < -0.39 is 0 Å². The van der Waals surface area contributed by atoms with E-state index in [1.165, 1.54) is 17.5 Å². The molecular weight excluding hydrogens is 264 g/mol. The summed E-state index contributed by atoms with van der Waals surface area (Å²) in [6, 6.07) is 6.35. The van der Waals surface area contributed by atoms with Gasteiger partial charge >= 0.3 is 0 Å². The molecule has 0 saturated carbocycles. The van der Waals surface area contributed by atoms with E-state index >= 15 is 0 Å². The minimum Gasteiger partial charge on any atom is -0.365 e. The molecule has 19 heavy (non-hydrogen) atoms. The normalized spacial score (nSPS) is 13.3. The van der Waals surface area contributed by atoms with Crippen molar-refractivity contribution in [1.29, 1.82) is 0 Å². The smallest absolute Gasteiger partial charge is 0.271 e. The van der Waals surface area contributed by atoms with Crippen molar-refractivity contribution in [2.75, 3.05) is 5.32 Å². The highest BCUT2D eigenvalue weighted by molar-refractivity contribution is 6.32. The van der Waals surface area contributed by atoms with Crippen LogP contribution in [-0.2, 0) is 19.6 Å². The third kappa shape index (κ3) is 2.47. The molecule has 3 rings (SSSR count). The summed E-state index contributed by atoms with van der Waals surface area (Å²) in [5.41, 5.74) is 3.47. The summed E-state index contributed by atoms with van der Waals surface area (Å²) in [5.74, 6) is 0.407. The highest BCUT2D eigenvalue weighted by Gasteiger charge is 2.10. The van der Waals surface area contributed by atoms with Crippen LogP contribution in [0, 0.1) is 0 Å². The van der Waals surface area contributed by atoms with Gasteiger partial charge in [0.05, 0.1) is 6.33 Å². The van der Waals surface area contributed by atoms with Crippen LogP contribution in [0.1, 0.15) is 16.7 Å². The predicted octanol–water partition coefficient (Wildman–Crippen LogP) is 1.64. The first-order valence-corrected chi connectivity index (χ1v) is 6.40. The Kier molecular flexibility index (Phi) is 3.23. The van der Waals surface area contributed by atoms with Gasteiger partial charge in [0.25, 0.3) is 5.56 Å². The molecule has 3 N–H and O–H groups in total. The molecule has 2 aromatic rings. The quantitative estimate of drug-likeness (QED) is 0.797. The number of aromatic nitrogens is 2. The van der Waals surface area contributed by atoms with Crippen molar-refractivity contribution < 1.29 is 0 Å². The van der Waals surface area contributed by atoms with Gasteiger partial charge in [-0.25, -0.2) is 4.98 Å². The Morgan fingerprint density at radius 2 is 2.16 bits per heavy atom. The molecule has 0 spiro atoms. The maximum atomic E-state index is 11.3. The van der Waals surface area contributed by atoms with Crippen LogP contribution < -0.4 is 16.2 Å². The summed E-state index contributed by atoms with van der Waals surface area (Å²) in [6.07, 6.45) is 1.34. The Balaban J connectivity index is 1.76. The molecule has 0 radical (unpaired) electrons. The van der Waals surface area contributed by atoms with E-state index in [2.05, 4.69) is 38.8 Å². The number of fused-ring (bicyclic) bond motifs is 1. The number of benzene rings is 1. The van der Waals surface area contributed by atoms with Gasteiger partial charge in [0.2, 0.25) is 0 Å². The maximum Gasteiger partial charge on any atom is 0.271 e. The van der Waals surface area contributed by atoms with Gasteiger partial charge in [-0.15, -0.1) is 0 Å². The van der Waals surface area contributed by atoms with E-state index in [1.54, 1.807) is 0 Å². The molecule has 2 heterocycles. The van der Waals surface area contributed by atoms with Crippen molar-refractivity contribution in [2.24, 2.45) is 0 Å². The summed E-state index contributed by atoms with van der Waals surface area (Å²) in [4.78, 5) is 17.8. The van der Waals surface area contributed by atoms with Gasteiger partial charge in [-0.1, -0.05) is 29.8 Å². The summed E-state index contributed by atoms with van der Waals surface area (Å²) in [6.45, 7) is 2.43. The average Bonchev–Trinajstić information content (AvgIpc) is 2.88. The highest BCUT2D eigenvalue weighted by atomic mass is 35.5. The van der Waals surface area contributed by atoms with Gasteiger partial charge in [-0.3, -0.25) is 4.79 Å². The number of aromatic amines is 1. The van der Waals surface area contributed by atoms with Crippen molar-refractivity contribution in [3.63, 3.8) is 0 Å². The second-order valence-corrected chi connectivity index (χ2v) is 4.83. The van der Waals surface area contributed by atoms with Crippen LogP contribution in [0.2, 0.25) is 5.02 Å². The number of halogens is 1. The van der Waals surface area contributed by atoms with E-state index in [0.29, 0.717) is 12.4 Å². The molecule has 5 nitrogen and oxygen atoms in total. The van der Waals surface area contributed by atoms with Crippen molar-refractivity contribution in [2.45, 2.75) is 19.6 Å². The maximum absolute atomic E-state index is 11.3. The molecule has 0 bridgehead atoms. The Hall–Kier alpha value is -1.85. The lowest BCUT2D eigenvalue weighted by Crippen LogP contribution is -2.11. The van der Waals surface area contributed by atoms with E-state index in [9.17, 15) is 4.79 Å². The fraction of sp³-hybridized carbons (Fsp3) is 0.231. The molecule has 98 valence electrons. The molecule has 0 unspecified atom stereocenters. The first kappa shape index (κ1) is 12.2. The molecule has 1 aromatic heterocycles. The molecule has 0 fully saturated rings. The zero-order valence-corrected chi connectivity index (χ0v) is 10.9. The van der Waals surface area contributed by atoms with E-state index in [1.807, 2.05) is 0 Å². The second kappa shape index (κ2) is 5.03. The number of hydrogen-bond acceptors (Lipinski definition) is 4. The third-order valence-electron chi connectivity index (χ3n) is 3.16. The molecule has 0 atom stereocenters. The SMILES string of the molecule is O=c1[nH]cnc(NCc2ccc3c(c2)CNC3)c1Cl. The first-order valence-electron chi connectivity index (χ1n) is 6.02. The van der Waals surface area contributed by atoms with Gasteiger partial charge in [-0.05, 0) is 16.7 Å². The van der Waals surface area contributed by atoms with Crippen molar-refractivity contribution >= 4 is 17.4 Å². The number of H-pyrrole nitrogens is 1. The van der Waals surface area contributed by atoms with E-state index in [-0.39, 0.29) is 10.6 Å². The van der Waals surface area contributed by atoms with Gasteiger partial charge in [0, 0.05) is 19.6 Å². The topological polar surface area (TPSA) is 69.8 Å². The fourth-order valence-electron chi connectivity index (χ4n) is 2.15. The van der Waals surface area contributed by atoms with Crippen LogP contribution >= 0.6 is 11.6 Å². The van der Waals surface area contributed by atoms with Crippen LogP contribution in [0.25, 0.3) is 0 Å². The first-order chi connectivity index (χ1) is 9.24. The molecular formula is C13H13ClN4O. The summed E-state index contributed by atoms with van der Waals surface area (Å²) >= 11 is 5.87. The number of nitrogens with zero attached hydrogens (tertiary/aromatic N) is 1. The van der Waals surface area contributed by atoms with E-state index in [4.69, 9.17) is 11.6 Å². The molecule has 1 aromatic carbocycles. The van der Waals surface area contributed by atoms with Crippen LogP contribution in [0.3, 0.4) is 0 Å². The number of anilines is 1. The fourth-order valence-corrected chi connectivity index (χ4v) is 2.32. The Bertz CT molecular complexity index is 668. The van der Waals surface area contributed by atoms with Crippen LogP contribution in [0.4, 0.5) is 5.82 Å². The zero-order chi connectivity index (χ0) is 13.2. The van der Waals surface area contributed by atoms with Crippen LogP contribution in [-0.4, -0.2) is 9.97 Å². The van der Waals surface area contributed by atoms with Gasteiger partial charge in [0.15, 0.2) is 5.82 Å².